The minimum Gasteiger partial charge on any atom is -0.352 e. The van der Waals surface area contributed by atoms with Crippen LogP contribution in [-0.4, -0.2) is 18.4 Å². The van der Waals surface area contributed by atoms with Crippen molar-refractivity contribution in [1.29, 1.82) is 0 Å². The Morgan fingerprint density at radius 1 is 0.958 bits per heavy atom. The minimum atomic E-state index is -0.0736. The molecule has 0 aliphatic heterocycles. The summed E-state index contributed by atoms with van der Waals surface area (Å²) >= 11 is 0. The fraction of sp³-hybridized carbons (Fsp3) is 0.300. The van der Waals surface area contributed by atoms with Gasteiger partial charge in [0.1, 0.15) is 0 Å². The molecule has 0 heterocycles. The Balaban J connectivity index is 1.91. The molecule has 4 heteroatoms. The number of amides is 2. The Bertz CT molecular complexity index is 666. The van der Waals surface area contributed by atoms with Crippen molar-refractivity contribution >= 4 is 11.8 Å². The van der Waals surface area contributed by atoms with Gasteiger partial charge < -0.3 is 10.6 Å². The molecule has 24 heavy (non-hydrogen) atoms. The molecule has 0 spiro atoms. The number of rotatable bonds is 7. The van der Waals surface area contributed by atoms with Gasteiger partial charge in [-0.2, -0.15) is 0 Å². The second-order valence-electron chi connectivity index (χ2n) is 5.83. The van der Waals surface area contributed by atoms with Crippen molar-refractivity contribution in [2.75, 3.05) is 6.54 Å². The van der Waals surface area contributed by atoms with E-state index in [0.717, 1.165) is 12.0 Å². The first-order chi connectivity index (χ1) is 11.6. The maximum Gasteiger partial charge on any atom is 0.251 e. The SMILES string of the molecule is CC[C@H](CNC(=O)c1ccc(CNC(C)=O)cc1)c1ccccc1. The third-order valence-electron chi connectivity index (χ3n) is 4.03. The lowest BCUT2D eigenvalue weighted by atomic mass is 9.96. The Morgan fingerprint density at radius 3 is 2.21 bits per heavy atom. The first kappa shape index (κ1) is 17.7. The molecule has 0 aliphatic rings. The van der Waals surface area contributed by atoms with E-state index in [9.17, 15) is 9.59 Å². The normalized spacial score (nSPS) is 11.6. The van der Waals surface area contributed by atoms with E-state index in [1.54, 1.807) is 12.1 Å². The summed E-state index contributed by atoms with van der Waals surface area (Å²) in [6.45, 7) is 4.70. The molecule has 2 amide bonds. The number of carbonyl (C=O) groups is 2. The molecule has 2 aromatic rings. The van der Waals surface area contributed by atoms with Crippen LogP contribution in [0.5, 0.6) is 0 Å². The van der Waals surface area contributed by atoms with Gasteiger partial charge in [-0.25, -0.2) is 0 Å². The van der Waals surface area contributed by atoms with Gasteiger partial charge in [-0.3, -0.25) is 9.59 Å². The molecule has 4 nitrogen and oxygen atoms in total. The van der Waals surface area contributed by atoms with E-state index in [1.165, 1.54) is 12.5 Å². The van der Waals surface area contributed by atoms with E-state index in [4.69, 9.17) is 0 Å². The van der Waals surface area contributed by atoms with Gasteiger partial charge >= 0.3 is 0 Å². The smallest absolute Gasteiger partial charge is 0.251 e. The summed E-state index contributed by atoms with van der Waals surface area (Å²) in [4.78, 5) is 23.2. The molecule has 1 atom stereocenters. The van der Waals surface area contributed by atoms with Crippen molar-refractivity contribution in [2.45, 2.75) is 32.7 Å². The van der Waals surface area contributed by atoms with Crippen LogP contribution in [0, 0.1) is 0 Å². The van der Waals surface area contributed by atoms with Gasteiger partial charge in [-0.05, 0) is 29.7 Å². The average molecular weight is 324 g/mol. The van der Waals surface area contributed by atoms with E-state index in [1.807, 2.05) is 30.3 Å². The predicted molar refractivity (Wildman–Crippen MR) is 95.8 cm³/mol. The van der Waals surface area contributed by atoms with Gasteiger partial charge in [0.05, 0.1) is 0 Å². The molecule has 0 saturated heterocycles. The van der Waals surface area contributed by atoms with Gasteiger partial charge in [-0.15, -0.1) is 0 Å². The zero-order valence-electron chi connectivity index (χ0n) is 14.2. The van der Waals surface area contributed by atoms with Crippen LogP contribution in [0.4, 0.5) is 0 Å². The summed E-state index contributed by atoms with van der Waals surface area (Å²) in [5.74, 6) is 0.174. The zero-order chi connectivity index (χ0) is 17.4. The van der Waals surface area contributed by atoms with Crippen molar-refractivity contribution in [1.82, 2.24) is 10.6 Å². The van der Waals surface area contributed by atoms with Crippen molar-refractivity contribution in [3.63, 3.8) is 0 Å². The summed E-state index contributed by atoms with van der Waals surface area (Å²) in [6, 6.07) is 17.5. The summed E-state index contributed by atoms with van der Waals surface area (Å²) in [5.41, 5.74) is 2.84. The highest BCUT2D eigenvalue weighted by molar-refractivity contribution is 5.94. The molecular formula is C20H24N2O2. The van der Waals surface area contributed by atoms with E-state index in [2.05, 4.69) is 29.7 Å². The molecule has 2 N–H and O–H groups in total. The van der Waals surface area contributed by atoms with E-state index in [-0.39, 0.29) is 11.8 Å². The van der Waals surface area contributed by atoms with Gasteiger partial charge in [-0.1, -0.05) is 49.4 Å². The van der Waals surface area contributed by atoms with Crippen LogP contribution in [0.15, 0.2) is 54.6 Å². The van der Waals surface area contributed by atoms with Crippen molar-refractivity contribution in [3.05, 3.63) is 71.3 Å². The van der Waals surface area contributed by atoms with Crippen LogP contribution in [-0.2, 0) is 11.3 Å². The lowest BCUT2D eigenvalue weighted by Gasteiger charge is -2.16. The van der Waals surface area contributed by atoms with Crippen molar-refractivity contribution < 1.29 is 9.59 Å². The molecule has 0 fully saturated rings. The molecule has 2 rings (SSSR count). The molecular weight excluding hydrogens is 300 g/mol. The van der Waals surface area contributed by atoms with Crippen LogP contribution in [0.2, 0.25) is 0 Å². The van der Waals surface area contributed by atoms with Gasteiger partial charge in [0.2, 0.25) is 5.91 Å². The van der Waals surface area contributed by atoms with Gasteiger partial charge in [0.25, 0.3) is 5.91 Å². The van der Waals surface area contributed by atoms with Crippen LogP contribution in [0.25, 0.3) is 0 Å². The second-order valence-corrected chi connectivity index (χ2v) is 5.83. The van der Waals surface area contributed by atoms with Gasteiger partial charge in [0, 0.05) is 31.5 Å². The minimum absolute atomic E-state index is 0.0664. The Hall–Kier alpha value is -2.62. The lowest BCUT2D eigenvalue weighted by Crippen LogP contribution is -2.28. The maximum atomic E-state index is 12.3. The highest BCUT2D eigenvalue weighted by atomic mass is 16.2. The Kier molecular flexibility index (Phi) is 6.55. The van der Waals surface area contributed by atoms with Crippen LogP contribution >= 0.6 is 0 Å². The topological polar surface area (TPSA) is 58.2 Å². The first-order valence-electron chi connectivity index (χ1n) is 8.26. The van der Waals surface area contributed by atoms with Crippen LogP contribution in [0.1, 0.15) is 47.7 Å². The standard InChI is InChI=1S/C20H24N2O2/c1-3-17(18-7-5-4-6-8-18)14-22-20(24)19-11-9-16(10-12-19)13-21-15(2)23/h4-12,17H,3,13-14H2,1-2H3,(H,21,23)(H,22,24)/t17-/m1/s1. The fourth-order valence-electron chi connectivity index (χ4n) is 2.54. The molecule has 0 unspecified atom stereocenters. The molecule has 0 aliphatic carbocycles. The molecule has 0 aromatic heterocycles. The maximum absolute atomic E-state index is 12.3. The van der Waals surface area contributed by atoms with E-state index >= 15 is 0 Å². The fourth-order valence-corrected chi connectivity index (χ4v) is 2.54. The quantitative estimate of drug-likeness (QED) is 0.821. The number of hydrogen-bond acceptors (Lipinski definition) is 2. The zero-order valence-corrected chi connectivity index (χ0v) is 14.2. The van der Waals surface area contributed by atoms with E-state index < -0.39 is 0 Å². The molecule has 126 valence electrons. The lowest BCUT2D eigenvalue weighted by molar-refractivity contribution is -0.119. The number of nitrogens with one attached hydrogen (secondary N) is 2. The Labute approximate surface area is 143 Å². The molecule has 2 aromatic carbocycles. The monoisotopic (exact) mass is 324 g/mol. The third-order valence-corrected chi connectivity index (χ3v) is 4.03. The Morgan fingerprint density at radius 2 is 1.62 bits per heavy atom. The summed E-state index contributed by atoms with van der Waals surface area (Å²) in [7, 11) is 0. The molecule has 0 bridgehead atoms. The largest absolute Gasteiger partial charge is 0.352 e. The highest BCUT2D eigenvalue weighted by Gasteiger charge is 2.11. The highest BCUT2D eigenvalue weighted by Crippen LogP contribution is 2.18. The number of hydrogen-bond donors (Lipinski definition) is 2. The second kappa shape index (κ2) is 8.87. The average Bonchev–Trinajstić information content (AvgIpc) is 2.61. The molecule has 0 saturated carbocycles. The van der Waals surface area contributed by atoms with Crippen molar-refractivity contribution in [3.8, 4) is 0 Å². The summed E-state index contributed by atoms with van der Waals surface area (Å²) in [5, 5.41) is 5.75. The molecule has 0 radical (unpaired) electrons. The summed E-state index contributed by atoms with van der Waals surface area (Å²) in [6.07, 6.45) is 0.972. The van der Waals surface area contributed by atoms with Crippen LogP contribution in [0.3, 0.4) is 0 Å². The van der Waals surface area contributed by atoms with E-state index in [0.29, 0.717) is 24.6 Å². The number of carbonyl (C=O) groups excluding carboxylic acids is 2. The van der Waals surface area contributed by atoms with Crippen LogP contribution < -0.4 is 10.6 Å². The van der Waals surface area contributed by atoms with Gasteiger partial charge in [0.15, 0.2) is 0 Å². The number of benzene rings is 2. The third kappa shape index (κ3) is 5.23. The first-order valence-corrected chi connectivity index (χ1v) is 8.26. The predicted octanol–water partition coefficient (Wildman–Crippen LogP) is 3.25. The van der Waals surface area contributed by atoms with Crippen molar-refractivity contribution in [2.24, 2.45) is 0 Å². The summed E-state index contributed by atoms with van der Waals surface area (Å²) < 4.78 is 0.